The second-order valence-corrected chi connectivity index (χ2v) is 27.0. The highest BCUT2D eigenvalue weighted by atomic mass is 15.0. The van der Waals surface area contributed by atoms with Crippen LogP contribution in [0.3, 0.4) is 0 Å². The van der Waals surface area contributed by atoms with Crippen molar-refractivity contribution in [1.29, 1.82) is 0 Å². The number of para-hydroxylation sites is 10. The van der Waals surface area contributed by atoms with E-state index in [0.29, 0.717) is 0 Å². The summed E-state index contributed by atoms with van der Waals surface area (Å²) in [5.41, 5.74) is 27.7. The first kappa shape index (κ1) is 56.3. The normalized spacial score (nSPS) is 12.6. The van der Waals surface area contributed by atoms with Crippen molar-refractivity contribution in [2.45, 2.75) is 12.8 Å². The Morgan fingerprint density at radius 3 is 1.10 bits per heavy atom. The van der Waals surface area contributed by atoms with Crippen molar-refractivity contribution in [2.75, 3.05) is 0 Å². The molecule has 8 heterocycles. The molecular formula is C94H58N8. The topological polar surface area (TPSA) is 55.4 Å². The van der Waals surface area contributed by atoms with Gasteiger partial charge in [-0.15, -0.1) is 0 Å². The van der Waals surface area contributed by atoms with Crippen LogP contribution in [-0.2, 0) is 6.42 Å². The van der Waals surface area contributed by atoms with E-state index >= 15 is 0 Å². The van der Waals surface area contributed by atoms with Gasteiger partial charge in [-0.3, -0.25) is 4.98 Å². The molecule has 8 aromatic heterocycles. The van der Waals surface area contributed by atoms with Gasteiger partial charge in [-0.05, 0) is 152 Å². The molecule has 0 bridgehead atoms. The van der Waals surface area contributed by atoms with Gasteiger partial charge in [0.25, 0.3) is 0 Å². The third-order valence-electron chi connectivity index (χ3n) is 21.8. The van der Waals surface area contributed by atoms with Crippen LogP contribution in [0.1, 0.15) is 17.7 Å². The lowest BCUT2D eigenvalue weighted by Crippen LogP contribution is -2.09. The number of aromatic nitrogens is 8. The molecule has 474 valence electrons. The van der Waals surface area contributed by atoms with Crippen LogP contribution in [-0.4, -0.2) is 37.4 Å². The number of nitrogens with zero attached hydrogens (tertiary/aromatic N) is 8. The summed E-state index contributed by atoms with van der Waals surface area (Å²) < 4.78 is 14.8. The molecule has 13 aromatic carbocycles. The van der Waals surface area contributed by atoms with Crippen LogP contribution in [0.15, 0.2) is 322 Å². The summed E-state index contributed by atoms with van der Waals surface area (Å²) in [6.45, 7) is 0. The summed E-state index contributed by atoms with van der Waals surface area (Å²) in [7, 11) is 0. The van der Waals surface area contributed by atoms with Crippen molar-refractivity contribution in [3.05, 3.63) is 345 Å². The van der Waals surface area contributed by atoms with Crippen LogP contribution in [0.25, 0.3) is 194 Å². The van der Waals surface area contributed by atoms with Crippen molar-refractivity contribution in [1.82, 2.24) is 37.4 Å². The second kappa shape index (κ2) is 21.9. The lowest BCUT2D eigenvalue weighted by atomic mass is 9.91. The van der Waals surface area contributed by atoms with Crippen molar-refractivity contribution < 1.29 is 0 Å². The minimum absolute atomic E-state index is 0.810. The van der Waals surface area contributed by atoms with Gasteiger partial charge in [0.15, 0.2) is 0 Å². The summed E-state index contributed by atoms with van der Waals surface area (Å²) in [5.74, 6) is 0. The lowest BCUT2D eigenvalue weighted by molar-refractivity contribution is 0.874. The fourth-order valence-electron chi connectivity index (χ4n) is 17.6. The number of benzene rings is 13. The maximum Gasteiger partial charge on any atom is 0.0544 e. The predicted molar refractivity (Wildman–Crippen MR) is 422 cm³/mol. The van der Waals surface area contributed by atoms with E-state index in [-0.39, 0.29) is 0 Å². The predicted octanol–water partition coefficient (Wildman–Crippen LogP) is 23.5. The molecule has 0 spiro atoms. The van der Waals surface area contributed by atoms with E-state index in [1.165, 1.54) is 110 Å². The largest absolute Gasteiger partial charge is 0.313 e. The summed E-state index contributed by atoms with van der Waals surface area (Å²) in [6, 6.07) is 115. The zero-order chi connectivity index (χ0) is 66.7. The molecule has 0 saturated carbocycles. The minimum Gasteiger partial charge on any atom is -0.313 e. The highest BCUT2D eigenvalue weighted by molar-refractivity contribution is 6.16. The van der Waals surface area contributed by atoms with Gasteiger partial charge in [0.2, 0.25) is 0 Å². The van der Waals surface area contributed by atoms with Gasteiger partial charge in [-0.25, -0.2) is 4.98 Å². The standard InChI is InChI=1S/C94H58N8/c1-19-39-89(101-91-45-41-59(97-81-31-11-3-23-67(81)68-24-4-12-32-82(68)97)53-75(91)76-54-60(42-46-92(76)101)98-83-33-13-5-25-69(83)70-26-6-14-34-84(70)98)65(21-1)63-49-51-95-57-79(63)80-58-96-52-50-64(80)66-22-2-20-40-90(66)102-93-47-43-61(99-85-35-15-7-27-71(85)72-28-8-16-36-86(72)99)55-77(93)78-56-62(44-48-94(78)102)100-87-37-17-9-29-73(87)74-30-10-18-38-88(74)100/h1-43,45-47,49,51,53-58H,44,48H2. The summed E-state index contributed by atoms with van der Waals surface area (Å²) in [6.07, 6.45) is 13.2. The molecule has 0 saturated heterocycles. The lowest BCUT2D eigenvalue weighted by Gasteiger charge is -2.21. The SMILES string of the molecule is c1ncc(-c2cnccc2-c2ccccc2-n2c3ccc(-n4c5ccccc5c5ccccc54)cc3c3cc(-n4c5ccccc5c5ccccc54)ccc32)c(-c2ccccc2-n2c3c(c4cc(-n5c6ccccc6c6ccccc65)ccc42)C=C(n2c4ccccc4c4ccccc42)CC3)c#1. The molecule has 1 aliphatic carbocycles. The van der Waals surface area contributed by atoms with Crippen LogP contribution in [0.4, 0.5) is 0 Å². The monoisotopic (exact) mass is 1300 g/mol. The summed E-state index contributed by atoms with van der Waals surface area (Å²) in [4.78, 5) is 9.75. The van der Waals surface area contributed by atoms with Crippen LogP contribution < -0.4 is 0 Å². The van der Waals surface area contributed by atoms with Gasteiger partial charge in [-0.1, -0.05) is 182 Å². The molecule has 22 rings (SSSR count). The Kier molecular flexibility index (Phi) is 12.1. The summed E-state index contributed by atoms with van der Waals surface area (Å²) in [5, 5.41) is 13.4. The molecule has 0 N–H and O–H groups in total. The van der Waals surface area contributed by atoms with Crippen LogP contribution in [0.2, 0.25) is 0 Å². The zero-order valence-corrected chi connectivity index (χ0v) is 55.2. The second-order valence-electron chi connectivity index (χ2n) is 27.0. The molecule has 8 heteroatoms. The van der Waals surface area contributed by atoms with Crippen LogP contribution >= 0.6 is 0 Å². The minimum atomic E-state index is 0.810. The van der Waals surface area contributed by atoms with E-state index in [1.54, 1.807) is 0 Å². The van der Waals surface area contributed by atoms with E-state index in [9.17, 15) is 0 Å². The van der Waals surface area contributed by atoms with Gasteiger partial charge in [0, 0.05) is 146 Å². The number of hydrogen-bond acceptors (Lipinski definition) is 2. The van der Waals surface area contributed by atoms with Crippen LogP contribution in [0, 0.1) is 12.3 Å². The third kappa shape index (κ3) is 8.10. The van der Waals surface area contributed by atoms with Gasteiger partial charge in [-0.2, -0.15) is 0 Å². The number of fused-ring (bicyclic) bond motifs is 18. The van der Waals surface area contributed by atoms with E-state index in [0.717, 1.165) is 102 Å². The Morgan fingerprint density at radius 2 is 0.637 bits per heavy atom. The Bertz CT molecular complexity index is 6770. The van der Waals surface area contributed by atoms with E-state index in [1.807, 2.05) is 18.6 Å². The van der Waals surface area contributed by atoms with Crippen LogP contribution in [0.5, 0.6) is 0 Å². The van der Waals surface area contributed by atoms with Gasteiger partial charge >= 0.3 is 0 Å². The maximum absolute atomic E-state index is 4.95. The van der Waals surface area contributed by atoms with E-state index in [4.69, 9.17) is 9.97 Å². The van der Waals surface area contributed by atoms with E-state index < -0.39 is 0 Å². The quantitative estimate of drug-likeness (QED) is 0.145. The highest BCUT2D eigenvalue weighted by Crippen LogP contribution is 2.48. The van der Waals surface area contributed by atoms with Gasteiger partial charge in [0.1, 0.15) is 0 Å². The van der Waals surface area contributed by atoms with Crippen molar-refractivity contribution in [3.8, 4) is 61.8 Å². The molecule has 1 aliphatic rings. The Morgan fingerprint density at radius 1 is 0.265 bits per heavy atom. The first-order valence-electron chi connectivity index (χ1n) is 35.0. The average molecular weight is 1300 g/mol. The smallest absolute Gasteiger partial charge is 0.0544 e. The molecule has 0 unspecified atom stereocenters. The molecule has 0 amide bonds. The maximum atomic E-state index is 4.95. The van der Waals surface area contributed by atoms with Gasteiger partial charge in [0.05, 0.1) is 72.1 Å². The Balaban J connectivity index is 0.734. The molecule has 0 fully saturated rings. The van der Waals surface area contributed by atoms with Gasteiger partial charge < -0.3 is 27.4 Å². The fourth-order valence-corrected chi connectivity index (χ4v) is 17.6. The summed E-state index contributed by atoms with van der Waals surface area (Å²) >= 11 is 0. The first-order chi connectivity index (χ1) is 50.7. The molecule has 8 nitrogen and oxygen atoms in total. The molecule has 0 aliphatic heterocycles. The van der Waals surface area contributed by atoms with Crippen molar-refractivity contribution in [2.24, 2.45) is 0 Å². The Hall–Kier alpha value is -13.7. The van der Waals surface area contributed by atoms with Crippen molar-refractivity contribution in [3.63, 3.8) is 0 Å². The third-order valence-corrected chi connectivity index (χ3v) is 21.8. The highest BCUT2D eigenvalue weighted by Gasteiger charge is 2.29. The number of pyridine rings is 1. The zero-order valence-electron chi connectivity index (χ0n) is 55.2. The molecule has 0 radical (unpaired) electrons. The molecule has 0 atom stereocenters. The molecular weight excluding hydrogens is 1240 g/mol. The first-order valence-corrected chi connectivity index (χ1v) is 35.0. The molecule has 21 aromatic rings. The fraction of sp³-hybridized carbons (Fsp3) is 0.0213. The molecule has 102 heavy (non-hydrogen) atoms. The number of allylic oxidation sites excluding steroid dienone is 1. The number of hydrogen-bond donors (Lipinski definition) is 0. The number of rotatable bonds is 9. The Labute approximate surface area is 585 Å². The average Bonchev–Trinajstić information content (AvgIpc) is 1.51. The van der Waals surface area contributed by atoms with Crippen molar-refractivity contribution >= 4 is 132 Å². The van der Waals surface area contributed by atoms with E-state index in [2.05, 4.69) is 349 Å².